The van der Waals surface area contributed by atoms with Gasteiger partial charge >= 0.3 is 0 Å². The lowest BCUT2D eigenvalue weighted by Crippen LogP contribution is -2.42. The molecule has 0 aliphatic heterocycles. The lowest BCUT2D eigenvalue weighted by atomic mass is 10.0. The molecule has 0 saturated heterocycles. The summed E-state index contributed by atoms with van der Waals surface area (Å²) in [7, 11) is 1.57. The van der Waals surface area contributed by atoms with Gasteiger partial charge in [-0.05, 0) is 18.4 Å². The summed E-state index contributed by atoms with van der Waals surface area (Å²) in [5, 5.41) is 5.67. The highest BCUT2D eigenvalue weighted by atomic mass is 19.1. The number of amides is 1. The number of ether oxygens (including phenoxy) is 1. The van der Waals surface area contributed by atoms with Crippen molar-refractivity contribution in [3.05, 3.63) is 23.6 Å². The van der Waals surface area contributed by atoms with Crippen molar-refractivity contribution >= 4 is 11.7 Å². The van der Waals surface area contributed by atoms with Crippen LogP contribution >= 0.6 is 0 Å². The van der Waals surface area contributed by atoms with E-state index in [2.05, 4.69) is 15.6 Å². The van der Waals surface area contributed by atoms with E-state index < -0.39 is 11.7 Å². The minimum absolute atomic E-state index is 0.00893. The van der Waals surface area contributed by atoms with Crippen LogP contribution in [-0.4, -0.2) is 37.2 Å². The number of pyridine rings is 1. The molecule has 0 fully saturated rings. The van der Waals surface area contributed by atoms with Crippen LogP contribution in [0.4, 0.5) is 10.2 Å². The number of carbonyl (C=O) groups excluding carboxylic acids is 1. The Morgan fingerprint density at radius 1 is 1.48 bits per heavy atom. The molecule has 5 nitrogen and oxygen atoms in total. The molecule has 0 saturated carbocycles. The van der Waals surface area contributed by atoms with Gasteiger partial charge in [-0.3, -0.25) is 4.79 Å². The molecule has 1 heterocycles. The van der Waals surface area contributed by atoms with Crippen LogP contribution in [0.2, 0.25) is 0 Å². The van der Waals surface area contributed by atoms with Gasteiger partial charge in [0.2, 0.25) is 0 Å². The van der Waals surface area contributed by atoms with Crippen LogP contribution in [0.15, 0.2) is 12.3 Å². The summed E-state index contributed by atoms with van der Waals surface area (Å²) >= 11 is 0. The first-order valence-corrected chi connectivity index (χ1v) is 7.19. The Morgan fingerprint density at radius 3 is 2.76 bits per heavy atom. The minimum Gasteiger partial charge on any atom is -0.383 e. The molecule has 1 aromatic rings. The monoisotopic (exact) mass is 297 g/mol. The number of carbonyl (C=O) groups is 1. The zero-order chi connectivity index (χ0) is 15.8. The van der Waals surface area contributed by atoms with Crippen molar-refractivity contribution in [1.82, 2.24) is 10.3 Å². The maximum atomic E-state index is 14.3. The van der Waals surface area contributed by atoms with Crippen LogP contribution in [-0.2, 0) is 4.74 Å². The molecule has 0 aliphatic rings. The molecule has 1 unspecified atom stereocenters. The maximum absolute atomic E-state index is 14.3. The molecule has 0 spiro atoms. The van der Waals surface area contributed by atoms with Gasteiger partial charge in [-0.25, -0.2) is 9.37 Å². The van der Waals surface area contributed by atoms with E-state index >= 15 is 0 Å². The first-order valence-electron chi connectivity index (χ1n) is 7.19. The average molecular weight is 297 g/mol. The summed E-state index contributed by atoms with van der Waals surface area (Å²) in [5.74, 6) is -0.776. The second-order valence-corrected chi connectivity index (χ2v) is 5.23. The standard InChI is InChI=1S/C15H24FN3O2/c1-5-7-17-14-13(16)11(6-8-18-14)15(20)19-12(9-21-4)10(2)3/h6,8,10,12H,5,7,9H2,1-4H3,(H,17,18)(H,19,20). The largest absolute Gasteiger partial charge is 0.383 e. The Labute approximate surface area is 125 Å². The number of anilines is 1. The fourth-order valence-electron chi connectivity index (χ4n) is 1.81. The Morgan fingerprint density at radius 2 is 2.19 bits per heavy atom. The SMILES string of the molecule is CCCNc1nccc(C(=O)NC(COC)C(C)C)c1F. The molecule has 0 radical (unpaired) electrons. The van der Waals surface area contributed by atoms with E-state index in [0.717, 1.165) is 6.42 Å². The van der Waals surface area contributed by atoms with Crippen LogP contribution in [0, 0.1) is 11.7 Å². The summed E-state index contributed by atoms with van der Waals surface area (Å²) < 4.78 is 19.3. The smallest absolute Gasteiger partial charge is 0.254 e. The number of aromatic nitrogens is 1. The number of hydrogen-bond donors (Lipinski definition) is 2. The van der Waals surface area contributed by atoms with E-state index in [1.165, 1.54) is 12.3 Å². The fraction of sp³-hybridized carbons (Fsp3) is 0.600. The van der Waals surface area contributed by atoms with Gasteiger partial charge in [0.1, 0.15) is 0 Å². The highest BCUT2D eigenvalue weighted by molar-refractivity contribution is 5.95. The normalized spacial score (nSPS) is 12.3. The van der Waals surface area contributed by atoms with Crippen LogP contribution in [0.5, 0.6) is 0 Å². The van der Waals surface area contributed by atoms with Gasteiger partial charge in [0.25, 0.3) is 5.91 Å². The van der Waals surface area contributed by atoms with Crippen molar-refractivity contribution in [1.29, 1.82) is 0 Å². The van der Waals surface area contributed by atoms with E-state index in [4.69, 9.17) is 4.74 Å². The van der Waals surface area contributed by atoms with Crippen LogP contribution < -0.4 is 10.6 Å². The Hall–Kier alpha value is -1.69. The molecule has 1 aromatic heterocycles. The third-order valence-corrected chi connectivity index (χ3v) is 3.14. The number of halogens is 1. The summed E-state index contributed by atoms with van der Waals surface area (Å²) in [5.41, 5.74) is -0.00893. The molecular weight excluding hydrogens is 273 g/mol. The number of rotatable bonds is 8. The minimum atomic E-state index is -0.622. The van der Waals surface area contributed by atoms with E-state index in [1.807, 2.05) is 20.8 Å². The van der Waals surface area contributed by atoms with Crippen LogP contribution in [0.3, 0.4) is 0 Å². The topological polar surface area (TPSA) is 63.2 Å². The van der Waals surface area contributed by atoms with Crippen molar-refractivity contribution in [2.45, 2.75) is 33.2 Å². The first-order chi connectivity index (χ1) is 10.0. The molecule has 1 rings (SSSR count). The van der Waals surface area contributed by atoms with Gasteiger partial charge in [-0.15, -0.1) is 0 Å². The summed E-state index contributed by atoms with van der Waals surface area (Å²) in [6.45, 7) is 6.91. The van der Waals surface area contributed by atoms with Gasteiger partial charge in [-0.2, -0.15) is 0 Å². The van der Waals surface area contributed by atoms with Crippen molar-refractivity contribution in [3.8, 4) is 0 Å². The van der Waals surface area contributed by atoms with Gasteiger partial charge < -0.3 is 15.4 Å². The molecule has 1 amide bonds. The average Bonchev–Trinajstić information content (AvgIpc) is 2.45. The van der Waals surface area contributed by atoms with E-state index in [0.29, 0.717) is 13.2 Å². The molecule has 2 N–H and O–H groups in total. The summed E-state index contributed by atoms with van der Waals surface area (Å²) in [6.07, 6.45) is 2.28. The lowest BCUT2D eigenvalue weighted by molar-refractivity contribution is 0.0862. The molecule has 0 aromatic carbocycles. The van der Waals surface area contributed by atoms with Crippen LogP contribution in [0.1, 0.15) is 37.6 Å². The predicted octanol–water partition coefficient (Wildman–Crippen LogP) is 2.44. The van der Waals surface area contributed by atoms with Gasteiger partial charge in [-0.1, -0.05) is 20.8 Å². The zero-order valence-corrected chi connectivity index (χ0v) is 13.1. The molecule has 118 valence electrons. The predicted molar refractivity (Wildman–Crippen MR) is 80.9 cm³/mol. The quantitative estimate of drug-likeness (QED) is 0.773. The molecule has 0 bridgehead atoms. The maximum Gasteiger partial charge on any atom is 0.254 e. The number of methoxy groups -OCH3 is 1. The van der Waals surface area contributed by atoms with Crippen molar-refractivity contribution < 1.29 is 13.9 Å². The van der Waals surface area contributed by atoms with Gasteiger partial charge in [0.05, 0.1) is 18.2 Å². The number of nitrogens with one attached hydrogen (secondary N) is 2. The highest BCUT2D eigenvalue weighted by Gasteiger charge is 2.21. The second-order valence-electron chi connectivity index (χ2n) is 5.23. The lowest BCUT2D eigenvalue weighted by Gasteiger charge is -2.21. The van der Waals surface area contributed by atoms with Crippen molar-refractivity contribution in [3.63, 3.8) is 0 Å². The van der Waals surface area contributed by atoms with Crippen molar-refractivity contribution in [2.75, 3.05) is 25.6 Å². The molecule has 1 atom stereocenters. The molecular formula is C15H24FN3O2. The Kier molecular flexibility index (Phi) is 7.08. The van der Waals surface area contributed by atoms with E-state index in [-0.39, 0.29) is 23.3 Å². The molecule has 21 heavy (non-hydrogen) atoms. The summed E-state index contributed by atoms with van der Waals surface area (Å²) in [4.78, 5) is 16.1. The second kappa shape index (κ2) is 8.56. The number of hydrogen-bond acceptors (Lipinski definition) is 4. The van der Waals surface area contributed by atoms with E-state index in [1.54, 1.807) is 7.11 Å². The molecule has 0 aliphatic carbocycles. The Bertz CT molecular complexity index is 466. The first kappa shape index (κ1) is 17.4. The van der Waals surface area contributed by atoms with Crippen LogP contribution in [0.25, 0.3) is 0 Å². The number of nitrogens with zero attached hydrogens (tertiary/aromatic N) is 1. The molecule has 6 heteroatoms. The highest BCUT2D eigenvalue weighted by Crippen LogP contribution is 2.15. The summed E-state index contributed by atoms with van der Waals surface area (Å²) in [6, 6.07) is 1.22. The zero-order valence-electron chi connectivity index (χ0n) is 13.1. The third kappa shape index (κ3) is 4.97. The van der Waals surface area contributed by atoms with Gasteiger partial charge in [0.15, 0.2) is 11.6 Å². The van der Waals surface area contributed by atoms with Crippen molar-refractivity contribution in [2.24, 2.45) is 5.92 Å². The Balaban J connectivity index is 2.86. The third-order valence-electron chi connectivity index (χ3n) is 3.14. The van der Waals surface area contributed by atoms with Gasteiger partial charge in [0, 0.05) is 19.9 Å². The van der Waals surface area contributed by atoms with E-state index in [9.17, 15) is 9.18 Å². The fourth-order valence-corrected chi connectivity index (χ4v) is 1.81.